The van der Waals surface area contributed by atoms with E-state index >= 15 is 0 Å². The number of nitrogens with one attached hydrogen (secondary N) is 1. The molecule has 0 aliphatic rings. The quantitative estimate of drug-likeness (QED) is 0.694. The molecule has 1 aromatic rings. The lowest BCUT2D eigenvalue weighted by molar-refractivity contribution is 0.227. The summed E-state index contributed by atoms with van der Waals surface area (Å²) in [6, 6.07) is 4.15. The summed E-state index contributed by atoms with van der Waals surface area (Å²) in [7, 11) is -3.65. The average molecular weight is 272 g/mol. The molecular formula is C12H20N2O3S. The van der Waals surface area contributed by atoms with E-state index in [1.54, 1.807) is 19.1 Å². The Kier molecular flexibility index (Phi) is 4.72. The van der Waals surface area contributed by atoms with Crippen LogP contribution in [0.15, 0.2) is 23.1 Å². The van der Waals surface area contributed by atoms with Crippen molar-refractivity contribution >= 4 is 15.7 Å². The van der Waals surface area contributed by atoms with Crippen LogP contribution in [-0.2, 0) is 10.0 Å². The Morgan fingerprint density at radius 1 is 1.33 bits per heavy atom. The van der Waals surface area contributed by atoms with Gasteiger partial charge < -0.3 is 10.8 Å². The van der Waals surface area contributed by atoms with E-state index in [-0.39, 0.29) is 17.4 Å². The van der Waals surface area contributed by atoms with Gasteiger partial charge in [0.1, 0.15) is 0 Å². The van der Waals surface area contributed by atoms with Crippen molar-refractivity contribution in [1.82, 2.24) is 4.72 Å². The van der Waals surface area contributed by atoms with Crippen molar-refractivity contribution < 1.29 is 13.5 Å². The second-order valence-corrected chi connectivity index (χ2v) is 6.45. The van der Waals surface area contributed by atoms with Crippen molar-refractivity contribution in [2.45, 2.75) is 31.7 Å². The van der Waals surface area contributed by atoms with Crippen molar-refractivity contribution in [3.8, 4) is 0 Å². The summed E-state index contributed by atoms with van der Waals surface area (Å²) < 4.78 is 26.7. The predicted molar refractivity (Wildman–Crippen MR) is 71.6 cm³/mol. The third-order valence-electron chi connectivity index (χ3n) is 2.69. The highest BCUT2D eigenvalue weighted by Gasteiger charge is 2.22. The largest absolute Gasteiger partial charge is 0.399 e. The van der Waals surface area contributed by atoms with E-state index in [9.17, 15) is 8.42 Å². The van der Waals surface area contributed by atoms with E-state index in [1.165, 1.54) is 6.07 Å². The number of aliphatic hydroxyl groups excluding tert-OH is 1. The standard InChI is InChI=1S/C12H20N2O3S/c1-8(2)12(7-15)14-18(16,17)11-5-9(3)4-10(13)6-11/h4-6,8,12,14-15H,7,13H2,1-3H3/t12-/m1/s1. The molecule has 0 saturated heterocycles. The lowest BCUT2D eigenvalue weighted by Crippen LogP contribution is -2.41. The van der Waals surface area contributed by atoms with Crippen LogP contribution in [0.4, 0.5) is 5.69 Å². The van der Waals surface area contributed by atoms with Crippen LogP contribution < -0.4 is 10.5 Å². The zero-order valence-corrected chi connectivity index (χ0v) is 11.7. The van der Waals surface area contributed by atoms with Crippen molar-refractivity contribution in [2.75, 3.05) is 12.3 Å². The zero-order chi connectivity index (χ0) is 13.9. The predicted octanol–water partition coefficient (Wildman–Crippen LogP) is 0.872. The Hall–Kier alpha value is -1.11. The molecule has 18 heavy (non-hydrogen) atoms. The molecule has 0 unspecified atom stereocenters. The minimum Gasteiger partial charge on any atom is -0.399 e. The summed E-state index contributed by atoms with van der Waals surface area (Å²) in [4.78, 5) is 0.124. The van der Waals surface area contributed by atoms with Crippen LogP contribution in [0.3, 0.4) is 0 Å². The Morgan fingerprint density at radius 3 is 2.39 bits per heavy atom. The van der Waals surface area contributed by atoms with E-state index < -0.39 is 16.1 Å². The third kappa shape index (κ3) is 3.69. The minimum atomic E-state index is -3.65. The zero-order valence-electron chi connectivity index (χ0n) is 10.8. The Bertz CT molecular complexity index is 492. The second-order valence-electron chi connectivity index (χ2n) is 4.73. The molecule has 1 aromatic carbocycles. The van der Waals surface area contributed by atoms with Gasteiger partial charge in [-0.15, -0.1) is 0 Å². The van der Waals surface area contributed by atoms with E-state index in [4.69, 9.17) is 10.8 Å². The lowest BCUT2D eigenvalue weighted by atomic mass is 10.1. The summed E-state index contributed by atoms with van der Waals surface area (Å²) in [6.45, 7) is 5.22. The van der Waals surface area contributed by atoms with Crippen molar-refractivity contribution in [3.63, 3.8) is 0 Å². The molecule has 0 aliphatic carbocycles. The first kappa shape index (κ1) is 14.9. The Balaban J connectivity index is 3.06. The molecule has 4 N–H and O–H groups in total. The smallest absolute Gasteiger partial charge is 0.240 e. The van der Waals surface area contributed by atoms with Gasteiger partial charge in [0.05, 0.1) is 11.5 Å². The van der Waals surface area contributed by atoms with Gasteiger partial charge in [0.25, 0.3) is 0 Å². The lowest BCUT2D eigenvalue weighted by Gasteiger charge is -2.20. The average Bonchev–Trinajstić information content (AvgIpc) is 2.24. The summed E-state index contributed by atoms with van der Waals surface area (Å²) in [6.07, 6.45) is 0. The molecule has 0 heterocycles. The summed E-state index contributed by atoms with van der Waals surface area (Å²) in [5.41, 5.74) is 6.82. The van der Waals surface area contributed by atoms with Gasteiger partial charge in [-0.2, -0.15) is 0 Å². The molecule has 0 saturated carbocycles. The second kappa shape index (κ2) is 5.69. The van der Waals surface area contributed by atoms with Crippen LogP contribution in [0.25, 0.3) is 0 Å². The number of hydrogen-bond donors (Lipinski definition) is 3. The third-order valence-corrected chi connectivity index (χ3v) is 4.16. The van der Waals surface area contributed by atoms with Gasteiger partial charge in [-0.25, -0.2) is 13.1 Å². The molecule has 6 heteroatoms. The summed E-state index contributed by atoms with van der Waals surface area (Å²) in [5, 5.41) is 9.16. The molecule has 102 valence electrons. The summed E-state index contributed by atoms with van der Waals surface area (Å²) >= 11 is 0. The fourth-order valence-electron chi connectivity index (χ4n) is 1.58. The maximum absolute atomic E-state index is 12.1. The van der Waals surface area contributed by atoms with Gasteiger partial charge >= 0.3 is 0 Å². The van der Waals surface area contributed by atoms with E-state index in [2.05, 4.69) is 4.72 Å². The van der Waals surface area contributed by atoms with Crippen LogP contribution in [0.5, 0.6) is 0 Å². The number of rotatable bonds is 5. The van der Waals surface area contributed by atoms with Crippen molar-refractivity contribution in [1.29, 1.82) is 0 Å². The fraction of sp³-hybridized carbons (Fsp3) is 0.500. The van der Waals surface area contributed by atoms with Crippen LogP contribution >= 0.6 is 0 Å². The number of hydrogen-bond acceptors (Lipinski definition) is 4. The van der Waals surface area contributed by atoms with Crippen LogP contribution in [0, 0.1) is 12.8 Å². The van der Waals surface area contributed by atoms with Crippen molar-refractivity contribution in [2.24, 2.45) is 5.92 Å². The maximum Gasteiger partial charge on any atom is 0.240 e. The number of benzene rings is 1. The van der Waals surface area contributed by atoms with Gasteiger partial charge in [-0.05, 0) is 36.6 Å². The summed E-state index contributed by atoms with van der Waals surface area (Å²) in [5.74, 6) is 0.00642. The molecule has 0 bridgehead atoms. The van der Waals surface area contributed by atoms with Gasteiger partial charge in [-0.3, -0.25) is 0 Å². The van der Waals surface area contributed by atoms with E-state index in [0.717, 1.165) is 5.56 Å². The van der Waals surface area contributed by atoms with Crippen LogP contribution in [0.2, 0.25) is 0 Å². The van der Waals surface area contributed by atoms with Crippen LogP contribution in [0.1, 0.15) is 19.4 Å². The highest BCUT2D eigenvalue weighted by atomic mass is 32.2. The number of nitrogens with two attached hydrogens (primary N) is 1. The molecular weight excluding hydrogens is 252 g/mol. The monoisotopic (exact) mass is 272 g/mol. The molecule has 0 radical (unpaired) electrons. The van der Waals surface area contributed by atoms with Gasteiger partial charge in [0, 0.05) is 11.7 Å². The first-order valence-corrected chi connectivity index (χ1v) is 7.25. The molecule has 5 nitrogen and oxygen atoms in total. The molecule has 0 aromatic heterocycles. The number of anilines is 1. The molecule has 0 aliphatic heterocycles. The normalized spacial score (nSPS) is 13.8. The van der Waals surface area contributed by atoms with Crippen LogP contribution in [-0.4, -0.2) is 26.2 Å². The van der Waals surface area contributed by atoms with E-state index in [0.29, 0.717) is 5.69 Å². The molecule has 1 rings (SSSR count). The first-order valence-electron chi connectivity index (χ1n) is 5.76. The molecule has 0 amide bonds. The van der Waals surface area contributed by atoms with Gasteiger partial charge in [0.2, 0.25) is 10.0 Å². The number of nitrogen functional groups attached to an aromatic ring is 1. The topological polar surface area (TPSA) is 92.4 Å². The SMILES string of the molecule is Cc1cc(N)cc(S(=O)(=O)N[C@H](CO)C(C)C)c1. The minimum absolute atomic E-state index is 0.00642. The first-order chi connectivity index (χ1) is 8.26. The maximum atomic E-state index is 12.1. The highest BCUT2D eigenvalue weighted by Crippen LogP contribution is 2.17. The Labute approximate surface area is 108 Å². The van der Waals surface area contributed by atoms with Crippen molar-refractivity contribution in [3.05, 3.63) is 23.8 Å². The number of aryl methyl sites for hydroxylation is 1. The number of aliphatic hydroxyl groups is 1. The molecule has 1 atom stereocenters. The highest BCUT2D eigenvalue weighted by molar-refractivity contribution is 7.89. The fourth-order valence-corrected chi connectivity index (χ4v) is 3.10. The number of sulfonamides is 1. The van der Waals surface area contributed by atoms with E-state index in [1.807, 2.05) is 13.8 Å². The van der Waals surface area contributed by atoms with Gasteiger partial charge in [-0.1, -0.05) is 13.8 Å². The molecule has 0 fully saturated rings. The van der Waals surface area contributed by atoms with Gasteiger partial charge in [0.15, 0.2) is 0 Å². The Morgan fingerprint density at radius 2 is 1.94 bits per heavy atom. The molecule has 0 spiro atoms.